The van der Waals surface area contributed by atoms with Gasteiger partial charge in [0.25, 0.3) is 5.91 Å². The van der Waals surface area contributed by atoms with Gasteiger partial charge in [-0.15, -0.1) is 0 Å². The highest BCUT2D eigenvalue weighted by atomic mass is 35.5. The Balaban J connectivity index is 1.55. The van der Waals surface area contributed by atoms with Gasteiger partial charge in [0.1, 0.15) is 13.2 Å². The lowest BCUT2D eigenvalue weighted by Gasteiger charge is -2.21. The molecule has 0 saturated carbocycles. The first-order chi connectivity index (χ1) is 12.9. The smallest absolute Gasteiger partial charge is 0.340 e. The highest BCUT2D eigenvalue weighted by Crippen LogP contribution is 2.32. The van der Waals surface area contributed by atoms with Crippen LogP contribution in [0.2, 0.25) is 10.0 Å². The van der Waals surface area contributed by atoms with E-state index in [9.17, 15) is 9.59 Å². The van der Waals surface area contributed by atoms with Crippen molar-refractivity contribution in [3.8, 4) is 11.5 Å². The topological polar surface area (TPSA) is 73.9 Å². The van der Waals surface area contributed by atoms with Crippen molar-refractivity contribution in [3.05, 3.63) is 57.6 Å². The number of rotatable bonds is 5. The van der Waals surface area contributed by atoms with E-state index in [0.29, 0.717) is 29.7 Å². The molecule has 0 aromatic heterocycles. The Morgan fingerprint density at radius 2 is 1.85 bits per heavy atom. The number of ether oxygens (including phenoxy) is 3. The summed E-state index contributed by atoms with van der Waals surface area (Å²) >= 11 is 11.7. The number of halogens is 2. The third kappa shape index (κ3) is 4.84. The minimum absolute atomic E-state index is 0.147. The average Bonchev–Trinajstić information content (AvgIpc) is 2.65. The van der Waals surface area contributed by atoms with Crippen LogP contribution in [0, 0.1) is 0 Å². The molecule has 6 nitrogen and oxygen atoms in total. The summed E-state index contributed by atoms with van der Waals surface area (Å²) in [7, 11) is 0. The minimum atomic E-state index is -0.696. The second kappa shape index (κ2) is 8.50. The number of fused-ring (bicyclic) bond motifs is 1. The molecule has 1 amide bonds. The second-order valence-corrected chi connectivity index (χ2v) is 6.74. The fourth-order valence-corrected chi connectivity index (χ4v) is 3.05. The van der Waals surface area contributed by atoms with Gasteiger partial charge in [-0.05, 0) is 42.8 Å². The third-order valence-electron chi connectivity index (χ3n) is 3.93. The Hall–Kier alpha value is -2.44. The van der Waals surface area contributed by atoms with Crippen molar-refractivity contribution in [2.24, 2.45) is 0 Å². The molecule has 2 aromatic carbocycles. The number of carbonyl (C=O) groups is 2. The highest BCUT2D eigenvalue weighted by molar-refractivity contribution is 6.36. The van der Waals surface area contributed by atoms with Gasteiger partial charge in [-0.2, -0.15) is 0 Å². The van der Waals surface area contributed by atoms with Crippen molar-refractivity contribution in [1.82, 2.24) is 5.32 Å². The van der Waals surface area contributed by atoms with Crippen molar-refractivity contribution >= 4 is 35.1 Å². The zero-order valence-electron chi connectivity index (χ0n) is 14.5. The molecule has 8 heteroatoms. The molecule has 0 fully saturated rings. The number of amides is 1. The maximum atomic E-state index is 12.1. The van der Waals surface area contributed by atoms with E-state index in [2.05, 4.69) is 5.32 Å². The van der Waals surface area contributed by atoms with Crippen molar-refractivity contribution in [3.63, 3.8) is 0 Å². The number of hydrogen-bond donors (Lipinski definition) is 1. The van der Waals surface area contributed by atoms with Crippen molar-refractivity contribution in [2.75, 3.05) is 19.8 Å². The number of benzene rings is 2. The van der Waals surface area contributed by atoms with E-state index in [1.54, 1.807) is 6.07 Å². The molecule has 3 rings (SSSR count). The average molecular weight is 410 g/mol. The summed E-state index contributed by atoms with van der Waals surface area (Å²) in [6.45, 7) is 2.40. The van der Waals surface area contributed by atoms with E-state index in [1.807, 2.05) is 19.1 Å². The summed E-state index contributed by atoms with van der Waals surface area (Å²) in [6.07, 6.45) is 0. The van der Waals surface area contributed by atoms with Crippen LogP contribution in [-0.4, -0.2) is 31.7 Å². The van der Waals surface area contributed by atoms with Crippen LogP contribution in [0.3, 0.4) is 0 Å². The van der Waals surface area contributed by atoms with Crippen LogP contribution in [-0.2, 0) is 9.53 Å². The largest absolute Gasteiger partial charge is 0.486 e. The van der Waals surface area contributed by atoms with Crippen LogP contribution in [0.5, 0.6) is 11.5 Å². The minimum Gasteiger partial charge on any atom is -0.486 e. The molecule has 0 saturated heterocycles. The van der Waals surface area contributed by atoms with E-state index in [-0.39, 0.29) is 16.6 Å². The van der Waals surface area contributed by atoms with Crippen LogP contribution < -0.4 is 14.8 Å². The first-order valence-electron chi connectivity index (χ1n) is 8.25. The molecule has 0 bridgehead atoms. The Morgan fingerprint density at radius 1 is 1.11 bits per heavy atom. The Kier molecular flexibility index (Phi) is 6.08. The van der Waals surface area contributed by atoms with Crippen molar-refractivity contribution < 1.29 is 23.8 Å². The van der Waals surface area contributed by atoms with Gasteiger partial charge in [-0.3, -0.25) is 4.79 Å². The van der Waals surface area contributed by atoms with Gasteiger partial charge >= 0.3 is 5.97 Å². The lowest BCUT2D eigenvalue weighted by Crippen LogP contribution is -2.31. The van der Waals surface area contributed by atoms with Crippen LogP contribution >= 0.6 is 23.2 Å². The molecule has 0 unspecified atom stereocenters. The molecular formula is C19H17Cl2NO5. The summed E-state index contributed by atoms with van der Waals surface area (Å²) in [5.74, 6) is 0.190. The van der Waals surface area contributed by atoms with Gasteiger partial charge in [0, 0.05) is 5.02 Å². The van der Waals surface area contributed by atoms with Gasteiger partial charge in [-0.25, -0.2) is 4.79 Å². The normalized spacial score (nSPS) is 13.6. The molecule has 27 heavy (non-hydrogen) atoms. The maximum Gasteiger partial charge on any atom is 0.340 e. The van der Waals surface area contributed by atoms with E-state index < -0.39 is 18.5 Å². The summed E-state index contributed by atoms with van der Waals surface area (Å²) in [6, 6.07) is 9.57. The number of esters is 1. The Labute approximate surface area is 166 Å². The van der Waals surface area contributed by atoms with E-state index >= 15 is 0 Å². The first-order valence-corrected chi connectivity index (χ1v) is 9.00. The van der Waals surface area contributed by atoms with Gasteiger partial charge in [0.15, 0.2) is 18.1 Å². The standard InChI is InChI=1S/C19H17Cl2NO5/c1-11(12-2-5-16-17(8-12)26-7-6-25-16)22-18(23)10-27-19(24)14-4-3-13(20)9-15(14)21/h2-5,8-9,11H,6-7,10H2,1H3,(H,22,23)/t11-/m1/s1. The molecule has 1 aliphatic heterocycles. The first kappa shape index (κ1) is 19.3. The Morgan fingerprint density at radius 3 is 2.59 bits per heavy atom. The quantitative estimate of drug-likeness (QED) is 0.760. The predicted octanol–water partition coefficient (Wildman–Crippen LogP) is 3.80. The van der Waals surface area contributed by atoms with Crippen LogP contribution in [0.1, 0.15) is 28.9 Å². The predicted molar refractivity (Wildman–Crippen MR) is 101 cm³/mol. The fraction of sp³-hybridized carbons (Fsp3) is 0.263. The van der Waals surface area contributed by atoms with Gasteiger partial charge in [-0.1, -0.05) is 29.3 Å². The van der Waals surface area contributed by atoms with E-state index in [1.165, 1.54) is 18.2 Å². The maximum absolute atomic E-state index is 12.1. The molecule has 1 aliphatic rings. The monoisotopic (exact) mass is 409 g/mol. The van der Waals surface area contributed by atoms with E-state index in [0.717, 1.165) is 5.56 Å². The van der Waals surface area contributed by atoms with Crippen molar-refractivity contribution in [2.45, 2.75) is 13.0 Å². The molecule has 142 valence electrons. The lowest BCUT2D eigenvalue weighted by molar-refractivity contribution is -0.124. The SMILES string of the molecule is C[C@@H](NC(=O)COC(=O)c1ccc(Cl)cc1Cl)c1ccc2c(c1)OCCO2. The zero-order valence-corrected chi connectivity index (χ0v) is 16.0. The second-order valence-electron chi connectivity index (χ2n) is 5.89. The van der Waals surface area contributed by atoms with Crippen LogP contribution in [0.25, 0.3) is 0 Å². The number of carbonyl (C=O) groups excluding carboxylic acids is 2. The zero-order chi connectivity index (χ0) is 19.4. The summed E-state index contributed by atoms with van der Waals surface area (Å²) in [4.78, 5) is 24.1. The fourth-order valence-electron chi connectivity index (χ4n) is 2.56. The highest BCUT2D eigenvalue weighted by Gasteiger charge is 2.18. The molecule has 1 atom stereocenters. The summed E-state index contributed by atoms with van der Waals surface area (Å²) in [5.41, 5.74) is 0.994. The molecule has 0 spiro atoms. The summed E-state index contributed by atoms with van der Waals surface area (Å²) in [5, 5.41) is 3.34. The van der Waals surface area contributed by atoms with Crippen LogP contribution in [0.15, 0.2) is 36.4 Å². The molecule has 1 N–H and O–H groups in total. The molecule has 1 heterocycles. The molecule has 0 radical (unpaired) electrons. The summed E-state index contributed by atoms with van der Waals surface area (Å²) < 4.78 is 16.0. The van der Waals surface area contributed by atoms with Crippen LogP contribution in [0.4, 0.5) is 0 Å². The van der Waals surface area contributed by atoms with E-state index in [4.69, 9.17) is 37.4 Å². The van der Waals surface area contributed by atoms with Crippen molar-refractivity contribution in [1.29, 1.82) is 0 Å². The van der Waals surface area contributed by atoms with Gasteiger partial charge in [0.2, 0.25) is 0 Å². The Bertz CT molecular complexity index is 871. The molecule has 2 aromatic rings. The number of nitrogens with one attached hydrogen (secondary N) is 1. The van der Waals surface area contributed by atoms with Gasteiger partial charge < -0.3 is 19.5 Å². The lowest BCUT2D eigenvalue weighted by atomic mass is 10.1. The third-order valence-corrected chi connectivity index (χ3v) is 4.48. The molecular weight excluding hydrogens is 393 g/mol. The molecule has 0 aliphatic carbocycles. The number of hydrogen-bond acceptors (Lipinski definition) is 5. The van der Waals surface area contributed by atoms with Gasteiger partial charge in [0.05, 0.1) is 16.6 Å².